The van der Waals surface area contributed by atoms with Gasteiger partial charge in [-0.1, -0.05) is 6.92 Å². The van der Waals surface area contributed by atoms with Gasteiger partial charge in [0.05, 0.1) is 20.3 Å². The van der Waals surface area contributed by atoms with Crippen molar-refractivity contribution in [2.45, 2.75) is 32.6 Å². The van der Waals surface area contributed by atoms with Gasteiger partial charge in [0.25, 0.3) is 0 Å². The van der Waals surface area contributed by atoms with Crippen LogP contribution in [0.5, 0.6) is 0 Å². The molecule has 72 valence electrons. The number of nitrogens with zero attached hydrogens (tertiary/aromatic N) is 2. The Balaban J connectivity index is 2.04. The minimum Gasteiger partial charge on any atom is -0.256 e. The lowest BCUT2D eigenvalue weighted by molar-refractivity contribution is -0.741. The Morgan fingerprint density at radius 1 is 1.46 bits per heavy atom. The maximum Gasteiger partial charge on any atom is 0.207 e. The van der Waals surface area contributed by atoms with E-state index in [9.17, 15) is 0 Å². The molecule has 0 radical (unpaired) electrons. The maximum atomic E-state index is 4.47. The van der Waals surface area contributed by atoms with E-state index >= 15 is 0 Å². The summed E-state index contributed by atoms with van der Waals surface area (Å²) in [5.41, 5.74) is 0.625. The van der Waals surface area contributed by atoms with Gasteiger partial charge in [-0.2, -0.15) is 0 Å². The number of rotatable bonds is 3. The highest BCUT2D eigenvalue weighted by atomic mass is 15.4. The number of amidine groups is 1. The average molecular weight is 179 g/mol. The summed E-state index contributed by atoms with van der Waals surface area (Å²) in [6, 6.07) is 0. The van der Waals surface area contributed by atoms with Crippen molar-refractivity contribution >= 4 is 5.84 Å². The highest BCUT2D eigenvalue weighted by Gasteiger charge is 2.45. The van der Waals surface area contributed by atoms with E-state index in [2.05, 4.69) is 32.2 Å². The summed E-state index contributed by atoms with van der Waals surface area (Å²) in [4.78, 5) is 4.47. The normalized spacial score (nSPS) is 27.5. The molecule has 1 aliphatic carbocycles. The fraction of sp³-hybridized carbons (Fsp3) is 0.727. The third kappa shape index (κ3) is 1.55. The number of quaternary nitrogens is 1. The summed E-state index contributed by atoms with van der Waals surface area (Å²) < 4.78 is 0.863. The SMILES string of the molecule is CCC1(CC2=NC=C[N+]2(C)C)CC1. The van der Waals surface area contributed by atoms with Crippen LogP contribution >= 0.6 is 0 Å². The average Bonchev–Trinajstić information content (AvgIpc) is 2.76. The van der Waals surface area contributed by atoms with Gasteiger partial charge in [0.2, 0.25) is 5.84 Å². The van der Waals surface area contributed by atoms with Gasteiger partial charge in [0, 0.05) is 6.42 Å². The van der Waals surface area contributed by atoms with Crippen molar-refractivity contribution in [1.29, 1.82) is 0 Å². The van der Waals surface area contributed by atoms with Crippen LogP contribution in [0.3, 0.4) is 0 Å². The molecule has 0 unspecified atom stereocenters. The Morgan fingerprint density at radius 3 is 2.54 bits per heavy atom. The third-order valence-corrected chi connectivity index (χ3v) is 3.57. The van der Waals surface area contributed by atoms with Crippen LogP contribution in [0.4, 0.5) is 0 Å². The molecular weight excluding hydrogens is 160 g/mol. The minimum absolute atomic E-state index is 0.625. The Morgan fingerprint density at radius 2 is 2.15 bits per heavy atom. The largest absolute Gasteiger partial charge is 0.256 e. The van der Waals surface area contributed by atoms with Gasteiger partial charge in [-0.15, -0.1) is 0 Å². The monoisotopic (exact) mass is 179 g/mol. The van der Waals surface area contributed by atoms with E-state index in [-0.39, 0.29) is 0 Å². The zero-order valence-electron chi connectivity index (χ0n) is 8.88. The number of hydrogen-bond donors (Lipinski definition) is 0. The summed E-state index contributed by atoms with van der Waals surface area (Å²) in [7, 11) is 4.40. The second-order valence-corrected chi connectivity index (χ2v) is 4.91. The van der Waals surface area contributed by atoms with E-state index < -0.39 is 0 Å². The molecule has 1 aliphatic heterocycles. The molecule has 2 nitrogen and oxygen atoms in total. The summed E-state index contributed by atoms with van der Waals surface area (Å²) in [5.74, 6) is 1.33. The highest BCUT2D eigenvalue weighted by Crippen LogP contribution is 2.52. The van der Waals surface area contributed by atoms with Crippen LogP contribution in [-0.2, 0) is 0 Å². The summed E-state index contributed by atoms with van der Waals surface area (Å²) in [6.45, 7) is 2.30. The molecule has 0 saturated heterocycles. The number of aliphatic imine (C=N–C) groups is 1. The predicted molar refractivity (Wildman–Crippen MR) is 55.3 cm³/mol. The van der Waals surface area contributed by atoms with Gasteiger partial charge in [-0.05, 0) is 24.7 Å². The van der Waals surface area contributed by atoms with Gasteiger partial charge < -0.3 is 0 Å². The van der Waals surface area contributed by atoms with Crippen LogP contribution in [0.25, 0.3) is 0 Å². The van der Waals surface area contributed by atoms with Gasteiger partial charge in [-0.25, -0.2) is 4.99 Å². The Labute approximate surface area is 80.6 Å². The standard InChI is InChI=1S/C11H19N2/c1-4-11(5-6-11)9-10-12-7-8-13(10,2)3/h7-8H,4-6,9H2,1-3H3/q+1. The molecular formula is C11H19N2+. The number of hydrogen-bond acceptors (Lipinski definition) is 1. The van der Waals surface area contributed by atoms with Crippen LogP contribution in [0.2, 0.25) is 0 Å². The lowest BCUT2D eigenvalue weighted by Gasteiger charge is -2.24. The van der Waals surface area contributed by atoms with Crippen LogP contribution in [-0.4, -0.2) is 24.4 Å². The lowest BCUT2D eigenvalue weighted by Crippen LogP contribution is -2.39. The third-order valence-electron chi connectivity index (χ3n) is 3.57. The zero-order valence-corrected chi connectivity index (χ0v) is 8.88. The van der Waals surface area contributed by atoms with Crippen molar-refractivity contribution in [1.82, 2.24) is 0 Å². The highest BCUT2D eigenvalue weighted by molar-refractivity contribution is 5.79. The van der Waals surface area contributed by atoms with Crippen molar-refractivity contribution in [3.05, 3.63) is 12.4 Å². The fourth-order valence-electron chi connectivity index (χ4n) is 1.94. The first-order valence-electron chi connectivity index (χ1n) is 5.17. The summed E-state index contributed by atoms with van der Waals surface area (Å²) >= 11 is 0. The Kier molecular flexibility index (Phi) is 1.84. The smallest absolute Gasteiger partial charge is 0.207 e. The van der Waals surface area contributed by atoms with Gasteiger partial charge in [-0.3, -0.25) is 4.48 Å². The van der Waals surface area contributed by atoms with Gasteiger partial charge in [0.15, 0.2) is 0 Å². The first-order valence-corrected chi connectivity index (χ1v) is 5.17. The molecule has 0 spiro atoms. The molecule has 1 saturated carbocycles. The van der Waals surface area contributed by atoms with Gasteiger partial charge >= 0.3 is 0 Å². The first kappa shape index (κ1) is 8.95. The second kappa shape index (κ2) is 2.68. The van der Waals surface area contributed by atoms with E-state index in [1.807, 2.05) is 6.20 Å². The topological polar surface area (TPSA) is 12.4 Å². The van der Waals surface area contributed by atoms with Crippen molar-refractivity contribution in [2.24, 2.45) is 10.4 Å². The second-order valence-electron chi connectivity index (χ2n) is 4.91. The molecule has 2 rings (SSSR count). The van der Waals surface area contributed by atoms with E-state index in [4.69, 9.17) is 0 Å². The van der Waals surface area contributed by atoms with Crippen LogP contribution in [0, 0.1) is 5.41 Å². The molecule has 1 fully saturated rings. The van der Waals surface area contributed by atoms with Crippen LogP contribution in [0.15, 0.2) is 17.4 Å². The van der Waals surface area contributed by atoms with Crippen molar-refractivity contribution in [2.75, 3.05) is 14.1 Å². The van der Waals surface area contributed by atoms with Crippen LogP contribution < -0.4 is 0 Å². The molecule has 0 atom stereocenters. The van der Waals surface area contributed by atoms with Crippen molar-refractivity contribution in [3.63, 3.8) is 0 Å². The minimum atomic E-state index is 0.625. The zero-order chi connectivity index (χ0) is 9.53. The van der Waals surface area contributed by atoms with Crippen molar-refractivity contribution < 1.29 is 4.48 Å². The van der Waals surface area contributed by atoms with E-state index in [0.717, 1.165) is 4.48 Å². The molecule has 0 aromatic carbocycles. The molecule has 0 aromatic rings. The molecule has 1 heterocycles. The fourth-order valence-corrected chi connectivity index (χ4v) is 1.94. The van der Waals surface area contributed by atoms with E-state index in [1.165, 1.54) is 31.5 Å². The summed E-state index contributed by atoms with van der Waals surface area (Å²) in [6.07, 6.45) is 9.42. The Hall–Kier alpha value is -0.630. The summed E-state index contributed by atoms with van der Waals surface area (Å²) in [5, 5.41) is 0. The molecule has 0 aromatic heterocycles. The molecule has 0 bridgehead atoms. The maximum absolute atomic E-state index is 4.47. The molecule has 13 heavy (non-hydrogen) atoms. The lowest BCUT2D eigenvalue weighted by atomic mass is 9.98. The van der Waals surface area contributed by atoms with Crippen molar-refractivity contribution in [3.8, 4) is 0 Å². The predicted octanol–water partition coefficient (Wildman–Crippen LogP) is 2.53. The molecule has 0 amide bonds. The van der Waals surface area contributed by atoms with E-state index in [1.54, 1.807) is 0 Å². The molecule has 0 N–H and O–H groups in total. The van der Waals surface area contributed by atoms with Crippen LogP contribution in [0.1, 0.15) is 32.6 Å². The van der Waals surface area contributed by atoms with E-state index in [0.29, 0.717) is 5.41 Å². The molecule has 2 heteroatoms. The van der Waals surface area contributed by atoms with Gasteiger partial charge in [0.1, 0.15) is 6.20 Å². The quantitative estimate of drug-likeness (QED) is 0.590. The first-order chi connectivity index (χ1) is 6.08. The Bertz CT molecular complexity index is 270. The molecule has 2 aliphatic rings.